The number of amides is 2. The highest BCUT2D eigenvalue weighted by Gasteiger charge is 2.23. The van der Waals surface area contributed by atoms with E-state index in [4.69, 9.17) is 0 Å². The molecule has 0 saturated heterocycles. The molecule has 2 N–H and O–H groups in total. The molecule has 0 spiro atoms. The number of carbonyl (C=O) groups excluding carboxylic acids is 1. The van der Waals surface area contributed by atoms with E-state index in [0.717, 1.165) is 30.3 Å². The third-order valence-corrected chi connectivity index (χ3v) is 4.26. The minimum Gasteiger partial charge on any atom is -0.335 e. The molecule has 116 valence electrons. The number of halogens is 1. The van der Waals surface area contributed by atoms with Gasteiger partial charge in [-0.3, -0.25) is 4.98 Å². The van der Waals surface area contributed by atoms with Gasteiger partial charge in [-0.1, -0.05) is 6.92 Å². The first kappa shape index (κ1) is 14.8. The Bertz CT molecular complexity index is 711. The van der Waals surface area contributed by atoms with Crippen molar-refractivity contribution in [3.05, 3.63) is 35.9 Å². The fraction of sp³-hybridized carbons (Fsp3) is 0.412. The lowest BCUT2D eigenvalue weighted by Gasteiger charge is -2.15. The molecule has 5 heteroatoms. The Kier molecular flexibility index (Phi) is 3.96. The van der Waals surface area contributed by atoms with Gasteiger partial charge < -0.3 is 10.6 Å². The molecule has 2 atom stereocenters. The Balaban J connectivity index is 1.82. The van der Waals surface area contributed by atoms with E-state index in [-0.39, 0.29) is 17.8 Å². The zero-order valence-electron chi connectivity index (χ0n) is 12.8. The van der Waals surface area contributed by atoms with Crippen LogP contribution in [0.2, 0.25) is 0 Å². The highest BCUT2D eigenvalue weighted by Crippen LogP contribution is 2.28. The molecule has 2 aromatic rings. The van der Waals surface area contributed by atoms with Crippen LogP contribution in [0.4, 0.5) is 14.9 Å². The first-order chi connectivity index (χ1) is 10.5. The van der Waals surface area contributed by atoms with Gasteiger partial charge in [-0.25, -0.2) is 9.18 Å². The van der Waals surface area contributed by atoms with Gasteiger partial charge in [0.15, 0.2) is 0 Å². The molecule has 1 fully saturated rings. The number of benzene rings is 1. The first-order valence-corrected chi connectivity index (χ1v) is 7.65. The Morgan fingerprint density at radius 3 is 2.91 bits per heavy atom. The van der Waals surface area contributed by atoms with Crippen LogP contribution in [-0.2, 0) is 0 Å². The third-order valence-electron chi connectivity index (χ3n) is 4.26. The van der Waals surface area contributed by atoms with Crippen molar-refractivity contribution in [3.63, 3.8) is 0 Å². The number of carbonyl (C=O) groups is 1. The molecule has 1 aliphatic carbocycles. The van der Waals surface area contributed by atoms with Gasteiger partial charge in [0.2, 0.25) is 0 Å². The van der Waals surface area contributed by atoms with Crippen LogP contribution in [0.1, 0.15) is 31.9 Å². The van der Waals surface area contributed by atoms with Gasteiger partial charge in [0, 0.05) is 28.7 Å². The molecule has 0 bridgehead atoms. The number of nitrogens with one attached hydrogen (secondary N) is 2. The topological polar surface area (TPSA) is 54.0 Å². The summed E-state index contributed by atoms with van der Waals surface area (Å²) in [4.78, 5) is 16.3. The van der Waals surface area contributed by atoms with Crippen molar-refractivity contribution >= 4 is 22.5 Å². The fourth-order valence-electron chi connectivity index (χ4n) is 3.09. The maximum Gasteiger partial charge on any atom is 0.319 e. The standard InChI is InChI=1S/C17H20FN3O/c1-10-3-5-13(7-10)20-17(22)21-16-14-8-11(2)19-9-12(14)4-6-15(16)18/h4,6,8-10,13H,3,5,7H2,1-2H3,(H2,20,21,22)/t10-,13+/m0/s1. The minimum absolute atomic E-state index is 0.177. The summed E-state index contributed by atoms with van der Waals surface area (Å²) in [5.41, 5.74) is 0.998. The maximum atomic E-state index is 14.1. The predicted molar refractivity (Wildman–Crippen MR) is 85.4 cm³/mol. The van der Waals surface area contributed by atoms with E-state index in [9.17, 15) is 9.18 Å². The molecule has 22 heavy (non-hydrogen) atoms. The maximum absolute atomic E-state index is 14.1. The van der Waals surface area contributed by atoms with Crippen LogP contribution < -0.4 is 10.6 Å². The van der Waals surface area contributed by atoms with Gasteiger partial charge in [0.05, 0.1) is 5.69 Å². The molecule has 0 unspecified atom stereocenters. The summed E-state index contributed by atoms with van der Waals surface area (Å²) in [6, 6.07) is 4.63. The van der Waals surface area contributed by atoms with Gasteiger partial charge in [-0.05, 0) is 50.3 Å². The second-order valence-electron chi connectivity index (χ2n) is 6.18. The number of rotatable bonds is 2. The van der Waals surface area contributed by atoms with Crippen LogP contribution in [0.5, 0.6) is 0 Å². The number of hydrogen-bond acceptors (Lipinski definition) is 2. The fourth-order valence-corrected chi connectivity index (χ4v) is 3.09. The van der Waals surface area contributed by atoms with Crippen molar-refractivity contribution in [3.8, 4) is 0 Å². The van der Waals surface area contributed by atoms with Crippen molar-refractivity contribution in [1.82, 2.24) is 10.3 Å². The van der Waals surface area contributed by atoms with Crippen molar-refractivity contribution in [2.45, 2.75) is 39.2 Å². The number of hydrogen-bond donors (Lipinski definition) is 2. The lowest BCUT2D eigenvalue weighted by molar-refractivity contribution is 0.248. The molecular weight excluding hydrogens is 281 g/mol. The molecule has 3 rings (SSSR count). The molecule has 4 nitrogen and oxygen atoms in total. The van der Waals surface area contributed by atoms with E-state index in [0.29, 0.717) is 11.3 Å². The van der Waals surface area contributed by atoms with E-state index < -0.39 is 5.82 Å². The van der Waals surface area contributed by atoms with Crippen LogP contribution in [0.25, 0.3) is 10.8 Å². The quantitative estimate of drug-likeness (QED) is 0.881. The Hall–Kier alpha value is -2.17. The molecule has 1 heterocycles. The first-order valence-electron chi connectivity index (χ1n) is 7.65. The van der Waals surface area contributed by atoms with Crippen molar-refractivity contribution in [2.75, 3.05) is 5.32 Å². The Morgan fingerprint density at radius 1 is 1.36 bits per heavy atom. The number of aryl methyl sites for hydroxylation is 1. The van der Waals surface area contributed by atoms with Crippen molar-refractivity contribution in [2.24, 2.45) is 5.92 Å². The van der Waals surface area contributed by atoms with E-state index in [1.54, 1.807) is 18.3 Å². The van der Waals surface area contributed by atoms with Gasteiger partial charge in [-0.2, -0.15) is 0 Å². The summed E-state index contributed by atoms with van der Waals surface area (Å²) in [7, 11) is 0. The van der Waals surface area contributed by atoms with Crippen molar-refractivity contribution in [1.29, 1.82) is 0 Å². The molecule has 1 saturated carbocycles. The van der Waals surface area contributed by atoms with E-state index in [1.165, 1.54) is 6.07 Å². The number of pyridine rings is 1. The number of nitrogens with zero attached hydrogens (tertiary/aromatic N) is 1. The van der Waals surface area contributed by atoms with Crippen LogP contribution in [0, 0.1) is 18.7 Å². The van der Waals surface area contributed by atoms with Gasteiger partial charge in [-0.15, -0.1) is 0 Å². The van der Waals surface area contributed by atoms with Crippen molar-refractivity contribution < 1.29 is 9.18 Å². The van der Waals surface area contributed by atoms with Crippen LogP contribution in [0.3, 0.4) is 0 Å². The van der Waals surface area contributed by atoms with Crippen LogP contribution in [0.15, 0.2) is 24.4 Å². The molecule has 1 aromatic heterocycles. The summed E-state index contributed by atoms with van der Waals surface area (Å²) in [6.45, 7) is 4.02. The molecule has 2 amide bonds. The zero-order chi connectivity index (χ0) is 15.7. The molecule has 0 aliphatic heterocycles. The number of aromatic nitrogens is 1. The van der Waals surface area contributed by atoms with Gasteiger partial charge in [0.25, 0.3) is 0 Å². The lowest BCUT2D eigenvalue weighted by Crippen LogP contribution is -2.36. The second-order valence-corrected chi connectivity index (χ2v) is 6.18. The number of fused-ring (bicyclic) bond motifs is 1. The minimum atomic E-state index is -0.437. The smallest absolute Gasteiger partial charge is 0.319 e. The Morgan fingerprint density at radius 2 is 2.18 bits per heavy atom. The van der Waals surface area contributed by atoms with E-state index in [2.05, 4.69) is 22.5 Å². The monoisotopic (exact) mass is 301 g/mol. The second kappa shape index (κ2) is 5.91. The summed E-state index contributed by atoms with van der Waals surface area (Å²) in [5.74, 6) is 0.196. The van der Waals surface area contributed by atoms with Gasteiger partial charge in [0.1, 0.15) is 5.82 Å². The van der Waals surface area contributed by atoms with E-state index >= 15 is 0 Å². The third kappa shape index (κ3) is 3.03. The van der Waals surface area contributed by atoms with Crippen LogP contribution >= 0.6 is 0 Å². The van der Waals surface area contributed by atoms with Crippen LogP contribution in [-0.4, -0.2) is 17.1 Å². The molecular formula is C17H20FN3O. The summed E-state index contributed by atoms with van der Waals surface area (Å²) in [6.07, 6.45) is 4.77. The molecule has 1 aromatic carbocycles. The largest absolute Gasteiger partial charge is 0.335 e. The number of anilines is 1. The highest BCUT2D eigenvalue weighted by atomic mass is 19.1. The summed E-state index contributed by atoms with van der Waals surface area (Å²) < 4.78 is 14.1. The van der Waals surface area contributed by atoms with Gasteiger partial charge >= 0.3 is 6.03 Å². The molecule has 1 aliphatic rings. The molecule has 0 radical (unpaired) electrons. The normalized spacial score (nSPS) is 21.0. The zero-order valence-corrected chi connectivity index (χ0v) is 12.8. The number of urea groups is 1. The average molecular weight is 301 g/mol. The predicted octanol–water partition coefficient (Wildman–Crippen LogP) is 3.99. The summed E-state index contributed by atoms with van der Waals surface area (Å²) in [5, 5.41) is 7.07. The average Bonchev–Trinajstić information content (AvgIpc) is 2.87. The lowest BCUT2D eigenvalue weighted by atomic mass is 10.1. The Labute approximate surface area is 129 Å². The highest BCUT2D eigenvalue weighted by molar-refractivity contribution is 6.01. The van der Waals surface area contributed by atoms with E-state index in [1.807, 2.05) is 6.92 Å². The SMILES string of the molecule is Cc1cc2c(NC(=O)N[C@@H]3CC[C@H](C)C3)c(F)ccc2cn1. The summed E-state index contributed by atoms with van der Waals surface area (Å²) >= 11 is 0.